The predicted molar refractivity (Wildman–Crippen MR) is 121 cm³/mol. The number of likely N-dealkylation sites (tertiary alicyclic amines) is 1. The summed E-state index contributed by atoms with van der Waals surface area (Å²) in [5.41, 5.74) is 11.5. The number of carbonyl (C=O) groups is 4. The van der Waals surface area contributed by atoms with E-state index in [1.54, 1.807) is 13.8 Å². The summed E-state index contributed by atoms with van der Waals surface area (Å²) >= 11 is 0. The lowest BCUT2D eigenvalue weighted by atomic mass is 10.0. The maximum atomic E-state index is 13.0. The van der Waals surface area contributed by atoms with Gasteiger partial charge in [0.25, 0.3) is 0 Å². The van der Waals surface area contributed by atoms with E-state index in [2.05, 4.69) is 10.6 Å². The number of hydrogen-bond donors (Lipinski definition) is 5. The number of hydrogen-bond acceptors (Lipinski definition) is 6. The van der Waals surface area contributed by atoms with Crippen LogP contribution in [0.25, 0.3) is 0 Å². The molecule has 1 aliphatic heterocycles. The summed E-state index contributed by atoms with van der Waals surface area (Å²) in [4.78, 5) is 51.6. The highest BCUT2D eigenvalue weighted by Crippen LogP contribution is 2.20. The van der Waals surface area contributed by atoms with Crippen LogP contribution >= 0.6 is 0 Å². The average Bonchev–Trinajstić information content (AvgIpc) is 3.19. The molecule has 7 N–H and O–H groups in total. The van der Waals surface area contributed by atoms with E-state index in [0.717, 1.165) is 0 Å². The van der Waals surface area contributed by atoms with Gasteiger partial charge in [0, 0.05) is 6.54 Å². The van der Waals surface area contributed by atoms with E-state index in [1.807, 2.05) is 13.8 Å². The number of carboxylic acids is 1. The molecule has 0 aromatic carbocycles. The SMILES string of the molecule is CC(C)C[C@H](N)C(=O)N1CCC[C@H]1C(=O)N[C@H](C(=O)N[C@@H](CCCCN)C(=O)O)C(C)C. The molecule has 0 bridgehead atoms. The lowest BCUT2D eigenvalue weighted by Gasteiger charge is -2.30. The number of nitrogens with zero attached hydrogens (tertiary/aromatic N) is 1. The average molecular weight is 456 g/mol. The second-order valence-electron chi connectivity index (χ2n) is 9.34. The van der Waals surface area contributed by atoms with Crippen molar-refractivity contribution in [1.29, 1.82) is 0 Å². The Morgan fingerprint density at radius 3 is 2.28 bits per heavy atom. The Kier molecular flexibility index (Phi) is 11.6. The third-order valence-corrected chi connectivity index (χ3v) is 5.69. The third kappa shape index (κ3) is 8.38. The van der Waals surface area contributed by atoms with E-state index in [-0.39, 0.29) is 24.2 Å². The minimum absolute atomic E-state index is 0.255. The first-order valence-electron chi connectivity index (χ1n) is 11.6. The molecule has 0 aliphatic carbocycles. The summed E-state index contributed by atoms with van der Waals surface area (Å²) in [5, 5.41) is 14.7. The predicted octanol–water partition coefficient (Wildman–Crippen LogP) is 0.190. The molecule has 0 aromatic rings. The Morgan fingerprint density at radius 1 is 1.09 bits per heavy atom. The largest absolute Gasteiger partial charge is 0.480 e. The topological polar surface area (TPSA) is 168 Å². The zero-order chi connectivity index (χ0) is 24.4. The minimum atomic E-state index is -1.13. The fourth-order valence-electron chi connectivity index (χ4n) is 3.92. The van der Waals surface area contributed by atoms with Gasteiger partial charge in [-0.05, 0) is 56.9 Å². The molecule has 0 aromatic heterocycles. The van der Waals surface area contributed by atoms with E-state index in [9.17, 15) is 24.3 Å². The zero-order valence-corrected chi connectivity index (χ0v) is 19.8. The Bertz CT molecular complexity index is 655. The Morgan fingerprint density at radius 2 is 1.75 bits per heavy atom. The van der Waals surface area contributed by atoms with Crippen LogP contribution < -0.4 is 22.1 Å². The molecule has 0 radical (unpaired) electrons. The Hall–Kier alpha value is -2.20. The molecule has 1 aliphatic rings. The molecule has 0 spiro atoms. The summed E-state index contributed by atoms with van der Waals surface area (Å²) in [7, 11) is 0. The molecule has 1 saturated heterocycles. The number of carbonyl (C=O) groups excluding carboxylic acids is 3. The second kappa shape index (κ2) is 13.4. The highest BCUT2D eigenvalue weighted by atomic mass is 16.4. The molecule has 10 heteroatoms. The van der Waals surface area contributed by atoms with Gasteiger partial charge >= 0.3 is 5.97 Å². The van der Waals surface area contributed by atoms with Crippen molar-refractivity contribution in [1.82, 2.24) is 15.5 Å². The zero-order valence-electron chi connectivity index (χ0n) is 19.8. The maximum Gasteiger partial charge on any atom is 0.326 e. The molecule has 0 saturated carbocycles. The molecular weight excluding hydrogens is 414 g/mol. The fraction of sp³-hybridized carbons (Fsp3) is 0.818. The molecule has 3 amide bonds. The number of amides is 3. The second-order valence-corrected chi connectivity index (χ2v) is 9.34. The van der Waals surface area contributed by atoms with E-state index in [0.29, 0.717) is 45.2 Å². The third-order valence-electron chi connectivity index (χ3n) is 5.69. The van der Waals surface area contributed by atoms with Gasteiger partial charge in [0.1, 0.15) is 18.1 Å². The summed E-state index contributed by atoms with van der Waals surface area (Å²) in [6.45, 7) is 8.39. The maximum absolute atomic E-state index is 13.0. The summed E-state index contributed by atoms with van der Waals surface area (Å²) in [6, 6.07) is -3.32. The van der Waals surface area contributed by atoms with Gasteiger partial charge in [-0.15, -0.1) is 0 Å². The van der Waals surface area contributed by atoms with Gasteiger partial charge in [-0.1, -0.05) is 27.7 Å². The lowest BCUT2D eigenvalue weighted by molar-refractivity contribution is -0.143. The molecular formula is C22H41N5O5. The van der Waals surface area contributed by atoms with Gasteiger partial charge in [-0.2, -0.15) is 0 Å². The van der Waals surface area contributed by atoms with Crippen molar-refractivity contribution in [2.24, 2.45) is 23.3 Å². The first-order valence-corrected chi connectivity index (χ1v) is 11.6. The molecule has 10 nitrogen and oxygen atoms in total. The number of nitrogens with one attached hydrogen (secondary N) is 2. The molecule has 1 fully saturated rings. The number of nitrogens with two attached hydrogens (primary N) is 2. The van der Waals surface area contributed by atoms with Crippen LogP contribution in [-0.4, -0.2) is 71.0 Å². The van der Waals surface area contributed by atoms with Crippen LogP contribution in [-0.2, 0) is 19.2 Å². The van der Waals surface area contributed by atoms with Crippen molar-refractivity contribution in [3.8, 4) is 0 Å². The van der Waals surface area contributed by atoms with Gasteiger partial charge in [0.15, 0.2) is 0 Å². The van der Waals surface area contributed by atoms with Crippen LogP contribution in [0.15, 0.2) is 0 Å². The lowest BCUT2D eigenvalue weighted by Crippen LogP contribution is -2.58. The number of carboxylic acid groups (broad SMARTS) is 1. The summed E-state index contributed by atoms with van der Waals surface area (Å²) in [5.74, 6) is -2.38. The highest BCUT2D eigenvalue weighted by Gasteiger charge is 2.38. The minimum Gasteiger partial charge on any atom is -0.480 e. The first-order chi connectivity index (χ1) is 15.0. The van der Waals surface area contributed by atoms with Crippen LogP contribution in [0.3, 0.4) is 0 Å². The van der Waals surface area contributed by atoms with Crippen molar-refractivity contribution in [3.05, 3.63) is 0 Å². The van der Waals surface area contributed by atoms with E-state index in [1.165, 1.54) is 4.90 Å². The molecule has 4 atom stereocenters. The summed E-state index contributed by atoms with van der Waals surface area (Å²) < 4.78 is 0. The van der Waals surface area contributed by atoms with Crippen LogP contribution in [0.4, 0.5) is 0 Å². The Labute approximate surface area is 190 Å². The van der Waals surface area contributed by atoms with Crippen LogP contribution in [0.5, 0.6) is 0 Å². The molecule has 0 unspecified atom stereocenters. The van der Waals surface area contributed by atoms with E-state index >= 15 is 0 Å². The van der Waals surface area contributed by atoms with Gasteiger partial charge in [0.05, 0.1) is 6.04 Å². The van der Waals surface area contributed by atoms with Gasteiger partial charge in [-0.25, -0.2) is 4.79 Å². The number of unbranched alkanes of at least 4 members (excludes halogenated alkanes) is 1. The van der Waals surface area contributed by atoms with Crippen molar-refractivity contribution in [3.63, 3.8) is 0 Å². The quantitative estimate of drug-likeness (QED) is 0.247. The van der Waals surface area contributed by atoms with Crippen molar-refractivity contribution in [2.75, 3.05) is 13.1 Å². The van der Waals surface area contributed by atoms with E-state index in [4.69, 9.17) is 11.5 Å². The van der Waals surface area contributed by atoms with Crippen molar-refractivity contribution in [2.45, 2.75) is 90.4 Å². The van der Waals surface area contributed by atoms with Gasteiger partial charge in [0.2, 0.25) is 17.7 Å². The first kappa shape index (κ1) is 27.8. The Balaban J connectivity index is 2.83. The summed E-state index contributed by atoms with van der Waals surface area (Å²) in [6.07, 6.45) is 3.20. The molecule has 184 valence electrons. The number of rotatable bonds is 13. The number of aliphatic carboxylic acids is 1. The standard InChI is InChI=1S/C22H41N5O5/c1-13(2)12-15(24)21(30)27-11-7-9-17(27)19(28)26-18(14(3)4)20(29)25-16(22(31)32)8-5-6-10-23/h13-18H,5-12,23-24H2,1-4H3,(H,25,29)(H,26,28)(H,31,32)/t15-,16-,17-,18-/m0/s1. The fourth-order valence-corrected chi connectivity index (χ4v) is 3.92. The van der Waals surface area contributed by atoms with E-state index < -0.39 is 42.0 Å². The molecule has 1 rings (SSSR count). The monoisotopic (exact) mass is 455 g/mol. The van der Waals surface area contributed by atoms with Gasteiger partial charge in [-0.3, -0.25) is 14.4 Å². The molecule has 1 heterocycles. The normalized spacial score (nSPS) is 19.0. The van der Waals surface area contributed by atoms with Crippen LogP contribution in [0, 0.1) is 11.8 Å². The van der Waals surface area contributed by atoms with Crippen LogP contribution in [0.1, 0.15) is 66.2 Å². The van der Waals surface area contributed by atoms with Gasteiger partial charge < -0.3 is 32.1 Å². The van der Waals surface area contributed by atoms with Crippen LogP contribution in [0.2, 0.25) is 0 Å². The smallest absolute Gasteiger partial charge is 0.326 e. The van der Waals surface area contributed by atoms with Crippen molar-refractivity contribution < 1.29 is 24.3 Å². The van der Waals surface area contributed by atoms with Crippen molar-refractivity contribution >= 4 is 23.7 Å². The highest BCUT2D eigenvalue weighted by molar-refractivity contribution is 5.94. The molecule has 32 heavy (non-hydrogen) atoms.